The topological polar surface area (TPSA) is 92.9 Å². The van der Waals surface area contributed by atoms with Crippen molar-refractivity contribution in [3.63, 3.8) is 0 Å². The van der Waals surface area contributed by atoms with Crippen LogP contribution < -0.4 is 5.32 Å². The summed E-state index contributed by atoms with van der Waals surface area (Å²) < 4.78 is 9.75. The van der Waals surface area contributed by atoms with E-state index in [1.807, 2.05) is 6.92 Å². The van der Waals surface area contributed by atoms with Gasteiger partial charge in [0.2, 0.25) is 5.89 Å². The summed E-state index contributed by atoms with van der Waals surface area (Å²) in [6.07, 6.45) is 1.55. The third kappa shape index (κ3) is 5.63. The number of halogens is 1. The van der Waals surface area contributed by atoms with Crippen LogP contribution in [0.5, 0.6) is 0 Å². The van der Waals surface area contributed by atoms with Gasteiger partial charge >= 0.3 is 5.97 Å². The van der Waals surface area contributed by atoms with Crippen molar-refractivity contribution in [1.82, 2.24) is 20.4 Å². The summed E-state index contributed by atoms with van der Waals surface area (Å²) in [6.45, 7) is 6.48. The number of piperidine rings is 1. The summed E-state index contributed by atoms with van der Waals surface area (Å²) >= 11 is 0. The quantitative estimate of drug-likeness (QED) is 0.329. The SMILES string of the molecule is CCNC(=NCc1noc(C)n1)N1CCC(C(=O)OC)CC1.I. The van der Waals surface area contributed by atoms with Crippen LogP contribution in [0.3, 0.4) is 0 Å². The van der Waals surface area contributed by atoms with Gasteiger partial charge in [0, 0.05) is 26.6 Å². The van der Waals surface area contributed by atoms with Crippen LogP contribution in [0.25, 0.3) is 0 Å². The molecule has 0 amide bonds. The first-order valence-electron chi connectivity index (χ1n) is 7.54. The number of carbonyl (C=O) groups excluding carboxylic acids is 1. The number of aryl methyl sites for hydroxylation is 1. The van der Waals surface area contributed by atoms with Gasteiger partial charge in [-0.15, -0.1) is 24.0 Å². The Bertz CT molecular complexity index is 526. The number of rotatable bonds is 4. The Morgan fingerprint density at radius 2 is 2.17 bits per heavy atom. The fraction of sp³-hybridized carbons (Fsp3) is 0.714. The number of hydrogen-bond donors (Lipinski definition) is 1. The Morgan fingerprint density at radius 3 is 2.70 bits per heavy atom. The van der Waals surface area contributed by atoms with Gasteiger partial charge in [0.15, 0.2) is 11.8 Å². The molecule has 1 N–H and O–H groups in total. The van der Waals surface area contributed by atoms with Crippen LogP contribution in [0.1, 0.15) is 31.5 Å². The summed E-state index contributed by atoms with van der Waals surface area (Å²) in [6, 6.07) is 0. The molecule has 23 heavy (non-hydrogen) atoms. The van der Waals surface area contributed by atoms with Crippen LogP contribution in [-0.4, -0.2) is 53.7 Å². The number of likely N-dealkylation sites (tertiary alicyclic amines) is 1. The van der Waals surface area contributed by atoms with Gasteiger partial charge in [-0.1, -0.05) is 5.16 Å². The first-order valence-corrected chi connectivity index (χ1v) is 7.54. The standard InChI is InChI=1S/C14H23N5O3.HI/c1-4-15-14(16-9-12-17-10(2)22-18-12)19-7-5-11(6-8-19)13(20)21-3;/h11H,4-9H2,1-3H3,(H,15,16);1H. The second-order valence-electron chi connectivity index (χ2n) is 5.18. The highest BCUT2D eigenvalue weighted by atomic mass is 127. The molecule has 130 valence electrons. The largest absolute Gasteiger partial charge is 0.469 e. The van der Waals surface area contributed by atoms with Crippen LogP contribution in [0.15, 0.2) is 9.52 Å². The fourth-order valence-electron chi connectivity index (χ4n) is 2.47. The molecular weight excluding hydrogens is 413 g/mol. The Balaban J connectivity index is 0.00000264. The predicted octanol–water partition coefficient (Wildman–Crippen LogP) is 1.35. The number of carbonyl (C=O) groups is 1. The molecule has 0 aliphatic carbocycles. The Morgan fingerprint density at radius 1 is 1.48 bits per heavy atom. The molecule has 0 radical (unpaired) electrons. The van der Waals surface area contributed by atoms with Crippen LogP contribution in [-0.2, 0) is 16.1 Å². The first-order chi connectivity index (χ1) is 10.6. The maximum absolute atomic E-state index is 11.6. The number of aromatic nitrogens is 2. The minimum atomic E-state index is -0.121. The van der Waals surface area contributed by atoms with Crippen LogP contribution in [0.4, 0.5) is 0 Å². The summed E-state index contributed by atoms with van der Waals surface area (Å²) in [5.74, 6) is 1.78. The lowest BCUT2D eigenvalue weighted by Gasteiger charge is -2.33. The predicted molar refractivity (Wildman–Crippen MR) is 95.6 cm³/mol. The smallest absolute Gasteiger partial charge is 0.308 e. The zero-order valence-electron chi connectivity index (χ0n) is 13.7. The fourth-order valence-corrected chi connectivity index (χ4v) is 2.47. The zero-order valence-corrected chi connectivity index (χ0v) is 16.1. The van der Waals surface area contributed by atoms with Crippen molar-refractivity contribution < 1.29 is 14.1 Å². The molecule has 0 unspecified atom stereocenters. The molecule has 8 nitrogen and oxygen atoms in total. The third-order valence-electron chi connectivity index (χ3n) is 3.60. The Labute approximate surface area is 153 Å². The molecule has 2 heterocycles. The maximum Gasteiger partial charge on any atom is 0.308 e. The number of ether oxygens (including phenoxy) is 1. The van der Waals surface area contributed by atoms with E-state index in [9.17, 15) is 4.79 Å². The molecule has 0 spiro atoms. The molecule has 1 fully saturated rings. The number of nitrogens with zero attached hydrogens (tertiary/aromatic N) is 4. The second-order valence-corrected chi connectivity index (χ2v) is 5.18. The number of guanidine groups is 1. The van der Waals surface area contributed by atoms with Crippen LogP contribution in [0.2, 0.25) is 0 Å². The molecule has 1 aromatic heterocycles. The first kappa shape index (κ1) is 19.7. The molecule has 2 rings (SSSR count). The van der Waals surface area contributed by atoms with Gasteiger partial charge in [-0.2, -0.15) is 4.98 Å². The van der Waals surface area contributed by atoms with E-state index in [2.05, 4.69) is 25.3 Å². The Kier molecular flexibility index (Phi) is 8.28. The highest BCUT2D eigenvalue weighted by molar-refractivity contribution is 14.0. The third-order valence-corrected chi connectivity index (χ3v) is 3.60. The van der Waals surface area contributed by atoms with E-state index < -0.39 is 0 Å². The minimum Gasteiger partial charge on any atom is -0.469 e. The second kappa shape index (κ2) is 9.68. The van der Waals surface area contributed by atoms with Crippen LogP contribution in [0, 0.1) is 12.8 Å². The van der Waals surface area contributed by atoms with E-state index >= 15 is 0 Å². The lowest BCUT2D eigenvalue weighted by atomic mass is 9.97. The van der Waals surface area contributed by atoms with Crippen molar-refractivity contribution in [1.29, 1.82) is 0 Å². The number of esters is 1. The molecule has 0 saturated carbocycles. The molecule has 1 saturated heterocycles. The van der Waals surface area contributed by atoms with E-state index in [0.29, 0.717) is 18.3 Å². The average Bonchev–Trinajstić information content (AvgIpc) is 2.96. The van der Waals surface area contributed by atoms with Crippen molar-refractivity contribution in [3.05, 3.63) is 11.7 Å². The highest BCUT2D eigenvalue weighted by Gasteiger charge is 2.26. The molecule has 0 bridgehead atoms. The molecular formula is C14H24IN5O3. The molecule has 1 aliphatic rings. The maximum atomic E-state index is 11.6. The summed E-state index contributed by atoms with van der Waals surface area (Å²) in [5.41, 5.74) is 0. The van der Waals surface area contributed by atoms with E-state index in [4.69, 9.17) is 9.26 Å². The highest BCUT2D eigenvalue weighted by Crippen LogP contribution is 2.18. The number of nitrogens with one attached hydrogen (secondary N) is 1. The van der Waals surface area contributed by atoms with Crippen molar-refractivity contribution in [2.24, 2.45) is 10.9 Å². The normalized spacial score (nSPS) is 16.0. The van der Waals surface area contributed by atoms with E-state index in [0.717, 1.165) is 38.4 Å². The number of hydrogen-bond acceptors (Lipinski definition) is 6. The summed E-state index contributed by atoms with van der Waals surface area (Å²) in [5, 5.41) is 7.10. The van der Waals surface area contributed by atoms with Gasteiger partial charge in [0.25, 0.3) is 0 Å². The molecule has 1 aliphatic heterocycles. The van der Waals surface area contributed by atoms with Gasteiger partial charge in [-0.3, -0.25) is 4.79 Å². The Hall–Kier alpha value is -1.39. The van der Waals surface area contributed by atoms with Gasteiger partial charge in [0.05, 0.1) is 13.0 Å². The van der Waals surface area contributed by atoms with E-state index in [-0.39, 0.29) is 35.9 Å². The molecule has 0 atom stereocenters. The van der Waals surface area contributed by atoms with Gasteiger partial charge in [0.1, 0.15) is 6.54 Å². The molecule has 0 aromatic carbocycles. The number of methoxy groups -OCH3 is 1. The summed E-state index contributed by atoms with van der Waals surface area (Å²) in [7, 11) is 1.44. The van der Waals surface area contributed by atoms with Gasteiger partial charge < -0.3 is 19.5 Å². The van der Waals surface area contributed by atoms with E-state index in [1.165, 1.54) is 7.11 Å². The van der Waals surface area contributed by atoms with Crippen LogP contribution >= 0.6 is 24.0 Å². The van der Waals surface area contributed by atoms with Crippen molar-refractivity contribution >= 4 is 35.9 Å². The van der Waals surface area contributed by atoms with Crippen molar-refractivity contribution in [2.75, 3.05) is 26.7 Å². The van der Waals surface area contributed by atoms with Gasteiger partial charge in [-0.05, 0) is 19.8 Å². The average molecular weight is 437 g/mol. The summed E-state index contributed by atoms with van der Waals surface area (Å²) in [4.78, 5) is 22.4. The zero-order chi connectivity index (χ0) is 15.9. The lowest BCUT2D eigenvalue weighted by Crippen LogP contribution is -2.46. The molecule has 1 aromatic rings. The molecule has 9 heteroatoms. The van der Waals surface area contributed by atoms with Gasteiger partial charge in [-0.25, -0.2) is 4.99 Å². The monoisotopic (exact) mass is 437 g/mol. The van der Waals surface area contributed by atoms with E-state index in [1.54, 1.807) is 6.92 Å². The lowest BCUT2D eigenvalue weighted by molar-refractivity contribution is -0.146. The van der Waals surface area contributed by atoms with Crippen molar-refractivity contribution in [3.8, 4) is 0 Å². The minimum absolute atomic E-state index is 0. The van der Waals surface area contributed by atoms with Crippen molar-refractivity contribution in [2.45, 2.75) is 33.2 Å². The number of aliphatic imine (C=N–C) groups is 1.